The van der Waals surface area contributed by atoms with Crippen molar-refractivity contribution in [2.24, 2.45) is 4.99 Å². The Hall–Kier alpha value is -3.37. The first-order valence-corrected chi connectivity index (χ1v) is 11.9. The number of aromatic nitrogens is 1. The van der Waals surface area contributed by atoms with Crippen molar-refractivity contribution in [3.8, 4) is 17.1 Å². The minimum absolute atomic E-state index is 0.123. The number of carbonyl (C=O) groups is 1. The number of allylic oxidation sites excluding steroid dienone is 1. The summed E-state index contributed by atoms with van der Waals surface area (Å²) in [6.45, 7) is 5.10. The van der Waals surface area contributed by atoms with Crippen molar-refractivity contribution in [2.45, 2.75) is 38.1 Å². The number of ether oxygens (including phenoxy) is 2. The Morgan fingerprint density at radius 2 is 2.03 bits per heavy atom. The molecule has 3 aliphatic heterocycles. The van der Waals surface area contributed by atoms with E-state index in [9.17, 15) is 4.79 Å². The predicted molar refractivity (Wildman–Crippen MR) is 131 cm³/mol. The smallest absolute Gasteiger partial charge is 0.243 e. The van der Waals surface area contributed by atoms with Crippen LogP contribution >= 0.6 is 0 Å². The van der Waals surface area contributed by atoms with Gasteiger partial charge in [0.1, 0.15) is 17.0 Å². The number of methoxy groups -OCH3 is 2. The van der Waals surface area contributed by atoms with Gasteiger partial charge in [0.2, 0.25) is 5.91 Å². The second-order valence-corrected chi connectivity index (χ2v) is 9.06. The summed E-state index contributed by atoms with van der Waals surface area (Å²) in [4.78, 5) is 27.0. The molecule has 0 aliphatic carbocycles. The van der Waals surface area contributed by atoms with Crippen molar-refractivity contribution in [1.29, 1.82) is 0 Å². The molecule has 1 atom stereocenters. The number of piperazine rings is 1. The van der Waals surface area contributed by atoms with Gasteiger partial charge < -0.3 is 29.4 Å². The van der Waals surface area contributed by atoms with Crippen LogP contribution in [0.1, 0.15) is 24.4 Å². The lowest BCUT2D eigenvalue weighted by Gasteiger charge is -2.48. The van der Waals surface area contributed by atoms with Gasteiger partial charge in [0, 0.05) is 51.0 Å². The number of nitrogens with zero attached hydrogens (tertiary/aromatic N) is 4. The van der Waals surface area contributed by atoms with E-state index in [4.69, 9.17) is 13.9 Å². The van der Waals surface area contributed by atoms with E-state index in [1.54, 1.807) is 26.5 Å². The highest BCUT2D eigenvalue weighted by Crippen LogP contribution is 2.32. The fourth-order valence-electron chi connectivity index (χ4n) is 5.07. The molecule has 2 fully saturated rings. The number of rotatable bonds is 6. The first kappa shape index (κ1) is 23.4. The first-order valence-electron chi connectivity index (χ1n) is 11.9. The van der Waals surface area contributed by atoms with Gasteiger partial charge in [-0.1, -0.05) is 12.1 Å². The number of piperidine rings is 1. The molecule has 1 amide bonds. The van der Waals surface area contributed by atoms with Gasteiger partial charge in [-0.05, 0) is 25.0 Å². The van der Waals surface area contributed by atoms with E-state index >= 15 is 0 Å². The van der Waals surface area contributed by atoms with Crippen LogP contribution in [0, 0.1) is 6.92 Å². The minimum atomic E-state index is -0.567. The van der Waals surface area contributed by atoms with Gasteiger partial charge >= 0.3 is 0 Å². The highest BCUT2D eigenvalue weighted by molar-refractivity contribution is 5.87. The maximum Gasteiger partial charge on any atom is 0.243 e. The van der Waals surface area contributed by atoms with Crippen LogP contribution in [0.2, 0.25) is 0 Å². The van der Waals surface area contributed by atoms with Crippen LogP contribution in [0.5, 0.6) is 5.75 Å². The average Bonchev–Trinajstić information content (AvgIpc) is 3.27. The van der Waals surface area contributed by atoms with Crippen LogP contribution in [-0.2, 0) is 16.1 Å². The fraction of sp³-hybridized carbons (Fsp3) is 0.480. The zero-order valence-corrected chi connectivity index (χ0v) is 20.4. The van der Waals surface area contributed by atoms with Gasteiger partial charge in [-0.25, -0.2) is 4.98 Å². The molecule has 4 heterocycles. The second kappa shape index (κ2) is 9.71. The number of amides is 1. The number of hydrogen-bond acceptors (Lipinski definition) is 9. The highest BCUT2D eigenvalue weighted by Gasteiger charge is 2.46. The van der Waals surface area contributed by atoms with Crippen LogP contribution < -0.4 is 15.4 Å². The van der Waals surface area contributed by atoms with Crippen LogP contribution in [0.15, 0.2) is 45.6 Å². The minimum Gasteiger partial charge on any atom is -0.497 e. The number of carbonyl (C=O) groups excluding carboxylic acids is 1. The molecule has 0 radical (unpaired) electrons. The van der Waals surface area contributed by atoms with Gasteiger partial charge in [0.25, 0.3) is 0 Å². The molecule has 2 saturated heterocycles. The Bertz CT molecular complexity index is 1130. The molecular formula is C25H32N6O4. The lowest BCUT2D eigenvalue weighted by molar-refractivity contribution is -0.145. The molecule has 35 heavy (non-hydrogen) atoms. The summed E-state index contributed by atoms with van der Waals surface area (Å²) in [5.41, 5.74) is 1.08. The Balaban J connectivity index is 1.29. The normalized spacial score (nSPS) is 22.1. The summed E-state index contributed by atoms with van der Waals surface area (Å²) >= 11 is 0. The Morgan fingerprint density at radius 1 is 1.20 bits per heavy atom. The Labute approximate surface area is 205 Å². The van der Waals surface area contributed by atoms with Gasteiger partial charge in [0.15, 0.2) is 23.8 Å². The summed E-state index contributed by atoms with van der Waals surface area (Å²) in [6.07, 6.45) is 4.81. The Kier molecular flexibility index (Phi) is 6.48. The summed E-state index contributed by atoms with van der Waals surface area (Å²) in [5, 5.41) is 6.81. The Morgan fingerprint density at radius 3 is 2.80 bits per heavy atom. The number of likely N-dealkylation sites (tertiary alicyclic amines) is 1. The van der Waals surface area contributed by atoms with Gasteiger partial charge in [-0.15, -0.1) is 0 Å². The highest BCUT2D eigenvalue weighted by atomic mass is 16.5. The third kappa shape index (κ3) is 4.63. The molecule has 3 aliphatic rings. The molecule has 10 heteroatoms. The predicted octanol–water partition coefficient (Wildman–Crippen LogP) is 1.87. The van der Waals surface area contributed by atoms with Crippen LogP contribution in [0.4, 0.5) is 0 Å². The molecule has 1 aromatic carbocycles. The van der Waals surface area contributed by atoms with E-state index in [0.29, 0.717) is 43.5 Å². The third-order valence-electron chi connectivity index (χ3n) is 6.96. The fourth-order valence-corrected chi connectivity index (χ4v) is 5.07. The van der Waals surface area contributed by atoms with E-state index in [-0.39, 0.29) is 12.2 Å². The topological polar surface area (TPSA) is 104 Å². The number of benzene rings is 1. The van der Waals surface area contributed by atoms with Crippen LogP contribution in [0.25, 0.3) is 11.3 Å². The van der Waals surface area contributed by atoms with Crippen molar-refractivity contribution in [2.75, 3.05) is 40.4 Å². The molecule has 0 bridgehead atoms. The van der Waals surface area contributed by atoms with Gasteiger partial charge in [0.05, 0.1) is 20.8 Å². The summed E-state index contributed by atoms with van der Waals surface area (Å²) < 4.78 is 16.6. The van der Waals surface area contributed by atoms with Crippen molar-refractivity contribution < 1.29 is 18.7 Å². The number of hydrogen-bond donors (Lipinski definition) is 2. The van der Waals surface area contributed by atoms with Gasteiger partial charge in [-0.3, -0.25) is 14.7 Å². The maximum absolute atomic E-state index is 13.7. The van der Waals surface area contributed by atoms with Crippen molar-refractivity contribution in [1.82, 2.24) is 25.4 Å². The molecule has 2 N–H and O–H groups in total. The molecule has 186 valence electrons. The van der Waals surface area contributed by atoms with E-state index in [0.717, 1.165) is 36.6 Å². The number of oxazole rings is 1. The molecule has 1 unspecified atom stereocenters. The lowest BCUT2D eigenvalue weighted by Crippen LogP contribution is -2.68. The lowest BCUT2D eigenvalue weighted by atomic mass is 9.84. The molecule has 1 aromatic heterocycles. The number of nitrogens with one attached hydrogen (secondary N) is 2. The average molecular weight is 481 g/mol. The van der Waals surface area contributed by atoms with E-state index in [1.807, 2.05) is 36.1 Å². The van der Waals surface area contributed by atoms with Crippen LogP contribution in [0.3, 0.4) is 0 Å². The van der Waals surface area contributed by atoms with E-state index in [1.165, 1.54) is 0 Å². The molecule has 2 aromatic rings. The zero-order valence-electron chi connectivity index (χ0n) is 20.4. The molecule has 1 spiro atoms. The maximum atomic E-state index is 13.7. The SMILES string of the molecule is COC1=CC=NC(N2CCC3(CC2)NCCN(Cc2nc(C)oc2-c2cccc(OC)c2)C3=O)N1. The molecule has 5 rings (SSSR count). The molecule has 0 saturated carbocycles. The first-order chi connectivity index (χ1) is 17.0. The van der Waals surface area contributed by atoms with E-state index in [2.05, 4.69) is 25.5 Å². The van der Waals surface area contributed by atoms with Gasteiger partial charge in [-0.2, -0.15) is 0 Å². The summed E-state index contributed by atoms with van der Waals surface area (Å²) in [7, 11) is 3.27. The largest absolute Gasteiger partial charge is 0.497 e. The second-order valence-electron chi connectivity index (χ2n) is 9.06. The van der Waals surface area contributed by atoms with Crippen molar-refractivity contribution in [3.63, 3.8) is 0 Å². The standard InChI is InChI=1S/C25H32N6O4/c1-17-28-20(22(35-17)18-5-4-6-19(15-18)33-2)16-31-14-11-27-25(23(31)32)8-12-30(13-9-25)24-26-10-7-21(29-24)34-3/h4-7,10,15,24,27,29H,8-9,11-14,16H2,1-3H3. The third-order valence-corrected chi connectivity index (χ3v) is 6.96. The monoisotopic (exact) mass is 480 g/mol. The molecule has 10 nitrogen and oxygen atoms in total. The van der Waals surface area contributed by atoms with Crippen LogP contribution in [-0.4, -0.2) is 79.1 Å². The number of aryl methyl sites for hydroxylation is 1. The van der Waals surface area contributed by atoms with Crippen molar-refractivity contribution in [3.05, 3.63) is 47.8 Å². The van der Waals surface area contributed by atoms with Crippen molar-refractivity contribution >= 4 is 12.1 Å². The van der Waals surface area contributed by atoms with E-state index < -0.39 is 5.54 Å². The quantitative estimate of drug-likeness (QED) is 0.646. The summed E-state index contributed by atoms with van der Waals surface area (Å²) in [5.74, 6) is 2.82. The molecular weight excluding hydrogens is 448 g/mol. The summed E-state index contributed by atoms with van der Waals surface area (Å²) in [6, 6.07) is 7.70. The number of aliphatic imine (C=N–C) groups is 1. The zero-order chi connectivity index (χ0) is 24.4.